The first-order valence-electron chi connectivity index (χ1n) is 16.5. The number of amides is 2. The first-order valence-corrected chi connectivity index (χ1v) is 17.3. The summed E-state index contributed by atoms with van der Waals surface area (Å²) >= 11 is 1.49. The van der Waals surface area contributed by atoms with E-state index in [4.69, 9.17) is 0 Å². The van der Waals surface area contributed by atoms with E-state index in [0.717, 1.165) is 67.7 Å². The maximum absolute atomic E-state index is 14.0. The number of nitrogens with one attached hydrogen (secondary N) is 2. The molecule has 1 aliphatic carbocycles. The van der Waals surface area contributed by atoms with Crippen molar-refractivity contribution in [2.75, 3.05) is 19.6 Å². The fraction of sp³-hybridized carbons (Fsp3) is 0.421. The molecule has 2 heterocycles. The number of likely N-dealkylation sites (tertiary alicyclic amines) is 1. The molecule has 4 aromatic rings. The minimum Gasteiger partial charge on any atom is -0.351 e. The molecule has 1 unspecified atom stereocenters. The first-order chi connectivity index (χ1) is 21.6. The molecule has 44 heavy (non-hydrogen) atoms. The molecule has 6 rings (SSSR count). The SMILES string of the molecule is O=C(NC1(C(=O)NC(CCCN2CCC(Cc3ccccc3)CC2)Cc2ccccc2)CCCC1)c1cc2ccccc2s1. The molecule has 2 N–H and O–H groups in total. The maximum atomic E-state index is 14.0. The van der Waals surface area contributed by atoms with Gasteiger partial charge in [-0.3, -0.25) is 9.59 Å². The van der Waals surface area contributed by atoms with E-state index in [1.54, 1.807) is 0 Å². The van der Waals surface area contributed by atoms with E-state index in [-0.39, 0.29) is 17.9 Å². The van der Waals surface area contributed by atoms with E-state index in [0.29, 0.717) is 17.7 Å². The second kappa shape index (κ2) is 14.5. The van der Waals surface area contributed by atoms with Crippen molar-refractivity contribution in [3.05, 3.63) is 107 Å². The van der Waals surface area contributed by atoms with E-state index in [9.17, 15) is 9.59 Å². The number of hydrogen-bond acceptors (Lipinski definition) is 4. The lowest BCUT2D eigenvalue weighted by Crippen LogP contribution is -2.59. The third-order valence-corrected chi connectivity index (χ3v) is 10.8. The van der Waals surface area contributed by atoms with Crippen LogP contribution in [0.3, 0.4) is 0 Å². The van der Waals surface area contributed by atoms with Crippen LogP contribution in [-0.4, -0.2) is 47.9 Å². The van der Waals surface area contributed by atoms with Gasteiger partial charge in [0.1, 0.15) is 5.54 Å². The van der Waals surface area contributed by atoms with Crippen molar-refractivity contribution in [3.63, 3.8) is 0 Å². The third-order valence-electron chi connectivity index (χ3n) is 9.66. The van der Waals surface area contributed by atoms with Crippen LogP contribution in [0.5, 0.6) is 0 Å². The summed E-state index contributed by atoms with van der Waals surface area (Å²) < 4.78 is 1.09. The summed E-state index contributed by atoms with van der Waals surface area (Å²) in [6, 6.07) is 31.4. The number of nitrogens with zero attached hydrogens (tertiary/aromatic N) is 1. The van der Waals surface area contributed by atoms with Crippen LogP contribution in [0.15, 0.2) is 91.0 Å². The van der Waals surface area contributed by atoms with Gasteiger partial charge in [-0.25, -0.2) is 0 Å². The van der Waals surface area contributed by atoms with Gasteiger partial charge in [0, 0.05) is 10.7 Å². The van der Waals surface area contributed by atoms with E-state index < -0.39 is 5.54 Å². The second-order valence-corrected chi connectivity index (χ2v) is 14.0. The smallest absolute Gasteiger partial charge is 0.262 e. The highest BCUT2D eigenvalue weighted by molar-refractivity contribution is 7.20. The number of benzene rings is 3. The molecule has 3 aromatic carbocycles. The normalized spacial score (nSPS) is 17.8. The van der Waals surface area contributed by atoms with Crippen LogP contribution in [0.4, 0.5) is 0 Å². The molecule has 2 aliphatic rings. The van der Waals surface area contributed by atoms with Crippen molar-refractivity contribution >= 4 is 33.2 Å². The number of fused-ring (bicyclic) bond motifs is 1. The standard InChI is InChI=1S/C38H45N3O2S/c42-36(35-28-32-16-7-8-18-34(32)44-35)40-38(21-9-10-22-38)37(43)39-33(27-30-14-5-2-6-15-30)17-11-23-41-24-19-31(20-25-41)26-29-12-3-1-4-13-29/h1-8,12-16,18,28,31,33H,9-11,17,19-27H2,(H,39,43)(H,40,42). The number of rotatable bonds is 12. The van der Waals surface area contributed by atoms with E-state index in [1.807, 2.05) is 36.4 Å². The van der Waals surface area contributed by atoms with Crippen LogP contribution in [0, 0.1) is 5.92 Å². The van der Waals surface area contributed by atoms with Crippen LogP contribution < -0.4 is 10.6 Å². The lowest BCUT2D eigenvalue weighted by molar-refractivity contribution is -0.128. The van der Waals surface area contributed by atoms with Gasteiger partial charge in [0.2, 0.25) is 5.91 Å². The number of piperidine rings is 1. The molecule has 230 valence electrons. The number of thiophene rings is 1. The van der Waals surface area contributed by atoms with Crippen LogP contribution in [0.2, 0.25) is 0 Å². The Morgan fingerprint density at radius 2 is 1.52 bits per heavy atom. The quantitative estimate of drug-likeness (QED) is 0.176. The summed E-state index contributed by atoms with van der Waals surface area (Å²) in [6.07, 6.45) is 9.72. The molecule has 1 saturated carbocycles. The molecule has 1 saturated heterocycles. The van der Waals surface area contributed by atoms with Gasteiger partial charge in [0.05, 0.1) is 4.88 Å². The van der Waals surface area contributed by atoms with Gasteiger partial charge in [-0.15, -0.1) is 11.3 Å². The molecule has 0 radical (unpaired) electrons. The van der Waals surface area contributed by atoms with E-state index >= 15 is 0 Å². The van der Waals surface area contributed by atoms with Crippen LogP contribution in [0.25, 0.3) is 10.1 Å². The molecule has 6 heteroatoms. The highest BCUT2D eigenvalue weighted by Gasteiger charge is 2.43. The highest BCUT2D eigenvalue weighted by atomic mass is 32.1. The summed E-state index contributed by atoms with van der Waals surface area (Å²) in [7, 11) is 0. The summed E-state index contributed by atoms with van der Waals surface area (Å²) in [5.41, 5.74) is 1.84. The highest BCUT2D eigenvalue weighted by Crippen LogP contribution is 2.32. The molecule has 1 aliphatic heterocycles. The van der Waals surface area contributed by atoms with E-state index in [2.05, 4.69) is 70.1 Å². The number of hydrogen-bond donors (Lipinski definition) is 2. The minimum absolute atomic E-state index is 0.0212. The Morgan fingerprint density at radius 1 is 0.864 bits per heavy atom. The summed E-state index contributed by atoms with van der Waals surface area (Å²) in [6.45, 7) is 3.37. The molecular weight excluding hydrogens is 563 g/mol. The number of carbonyl (C=O) groups excluding carboxylic acids is 2. The van der Waals surface area contributed by atoms with Gasteiger partial charge < -0.3 is 15.5 Å². The largest absolute Gasteiger partial charge is 0.351 e. The fourth-order valence-corrected chi connectivity index (χ4v) is 8.09. The fourth-order valence-electron chi connectivity index (χ4n) is 7.13. The Kier molecular flexibility index (Phi) is 10.1. The van der Waals surface area contributed by atoms with Crippen molar-refractivity contribution in [2.45, 2.75) is 75.8 Å². The predicted octanol–water partition coefficient (Wildman–Crippen LogP) is 7.41. The van der Waals surface area contributed by atoms with Gasteiger partial charge >= 0.3 is 0 Å². The van der Waals surface area contributed by atoms with Crippen LogP contribution >= 0.6 is 11.3 Å². The average Bonchev–Trinajstić information content (AvgIpc) is 3.71. The molecule has 1 atom stereocenters. The van der Waals surface area contributed by atoms with Gasteiger partial charge in [-0.2, -0.15) is 0 Å². The topological polar surface area (TPSA) is 61.4 Å². The Labute approximate surface area is 266 Å². The minimum atomic E-state index is -0.844. The van der Waals surface area contributed by atoms with E-state index in [1.165, 1.54) is 41.7 Å². The zero-order valence-corrected chi connectivity index (χ0v) is 26.5. The molecule has 2 amide bonds. The molecule has 5 nitrogen and oxygen atoms in total. The second-order valence-electron chi connectivity index (χ2n) is 12.9. The van der Waals surface area contributed by atoms with Gasteiger partial charge in [-0.05, 0) is 106 Å². The Hall–Kier alpha value is -3.48. The molecule has 1 aromatic heterocycles. The zero-order chi connectivity index (χ0) is 30.2. The van der Waals surface area contributed by atoms with Crippen LogP contribution in [-0.2, 0) is 17.6 Å². The number of carbonyl (C=O) groups is 2. The monoisotopic (exact) mass is 607 g/mol. The molecule has 2 fully saturated rings. The zero-order valence-electron chi connectivity index (χ0n) is 25.7. The molecular formula is C38H45N3O2S. The van der Waals surface area contributed by atoms with Crippen molar-refractivity contribution in [1.82, 2.24) is 15.5 Å². The van der Waals surface area contributed by atoms with Gasteiger partial charge in [-0.1, -0.05) is 91.7 Å². The third kappa shape index (κ3) is 7.77. The summed E-state index contributed by atoms with van der Waals surface area (Å²) in [5.74, 6) is 0.606. The van der Waals surface area contributed by atoms with Crippen molar-refractivity contribution in [2.24, 2.45) is 5.92 Å². The summed E-state index contributed by atoms with van der Waals surface area (Å²) in [4.78, 5) is 30.7. The Bertz CT molecular complexity index is 1470. The van der Waals surface area contributed by atoms with Crippen molar-refractivity contribution in [1.29, 1.82) is 0 Å². The molecule has 0 spiro atoms. The van der Waals surface area contributed by atoms with Gasteiger partial charge in [0.25, 0.3) is 5.91 Å². The van der Waals surface area contributed by atoms with Crippen LogP contribution in [0.1, 0.15) is 72.2 Å². The van der Waals surface area contributed by atoms with Crippen molar-refractivity contribution in [3.8, 4) is 0 Å². The Balaban J connectivity index is 1.06. The molecule has 0 bridgehead atoms. The first kappa shape index (κ1) is 30.5. The lowest BCUT2D eigenvalue weighted by atomic mass is 9.90. The van der Waals surface area contributed by atoms with Gasteiger partial charge in [0.15, 0.2) is 0 Å². The maximum Gasteiger partial charge on any atom is 0.262 e. The summed E-state index contributed by atoms with van der Waals surface area (Å²) in [5, 5.41) is 7.72. The predicted molar refractivity (Wildman–Crippen MR) is 181 cm³/mol. The Morgan fingerprint density at radius 3 is 2.23 bits per heavy atom. The average molecular weight is 608 g/mol. The van der Waals surface area contributed by atoms with Crippen molar-refractivity contribution < 1.29 is 9.59 Å². The lowest BCUT2D eigenvalue weighted by Gasteiger charge is -2.33.